The summed E-state index contributed by atoms with van der Waals surface area (Å²) in [7, 11) is 0. The molecule has 1 N–H and O–H groups in total. The minimum atomic E-state index is -0.106. The quantitative estimate of drug-likeness (QED) is 0.898. The van der Waals surface area contributed by atoms with E-state index in [9.17, 15) is 4.39 Å². The molecule has 1 fully saturated rings. The van der Waals surface area contributed by atoms with Crippen LogP contribution in [-0.4, -0.2) is 30.6 Å². The lowest BCUT2D eigenvalue weighted by atomic mass is 10.1. The molecule has 1 unspecified atom stereocenters. The van der Waals surface area contributed by atoms with E-state index in [4.69, 9.17) is 0 Å². The van der Waals surface area contributed by atoms with E-state index in [0.717, 1.165) is 42.5 Å². The van der Waals surface area contributed by atoms with Crippen LogP contribution in [0.1, 0.15) is 25.3 Å². The molecule has 0 amide bonds. The van der Waals surface area contributed by atoms with Crippen LogP contribution in [0.5, 0.6) is 0 Å². The van der Waals surface area contributed by atoms with Crippen LogP contribution < -0.4 is 5.32 Å². The molecule has 1 aliphatic rings. The van der Waals surface area contributed by atoms with Crippen LogP contribution in [0.15, 0.2) is 22.7 Å². The summed E-state index contributed by atoms with van der Waals surface area (Å²) in [5.74, 6) is -0.106. The maximum Gasteiger partial charge on any atom is 0.127 e. The van der Waals surface area contributed by atoms with Crippen LogP contribution in [0.4, 0.5) is 4.39 Å². The van der Waals surface area contributed by atoms with Crippen molar-refractivity contribution in [1.82, 2.24) is 10.2 Å². The number of halogens is 2. The summed E-state index contributed by atoms with van der Waals surface area (Å²) < 4.78 is 14.7. The van der Waals surface area contributed by atoms with E-state index in [1.54, 1.807) is 6.07 Å². The van der Waals surface area contributed by atoms with Gasteiger partial charge in [0.05, 0.1) is 0 Å². The van der Waals surface area contributed by atoms with Gasteiger partial charge in [-0.25, -0.2) is 4.39 Å². The van der Waals surface area contributed by atoms with E-state index in [1.165, 1.54) is 6.07 Å². The molecule has 0 bridgehead atoms. The van der Waals surface area contributed by atoms with Gasteiger partial charge < -0.3 is 5.32 Å². The average Bonchev–Trinajstić information content (AvgIpc) is 2.87. The fraction of sp³-hybridized carbons (Fsp3) is 0.571. The molecule has 0 radical (unpaired) electrons. The van der Waals surface area contributed by atoms with E-state index in [0.29, 0.717) is 12.6 Å². The number of hydrogen-bond donors (Lipinski definition) is 1. The molecule has 1 aromatic carbocycles. The van der Waals surface area contributed by atoms with E-state index < -0.39 is 0 Å². The van der Waals surface area contributed by atoms with Gasteiger partial charge in [0.1, 0.15) is 5.82 Å². The number of rotatable bonds is 5. The normalized spacial score (nSPS) is 19.7. The Hall–Kier alpha value is -0.450. The fourth-order valence-electron chi connectivity index (χ4n) is 2.51. The van der Waals surface area contributed by atoms with E-state index >= 15 is 0 Å². The summed E-state index contributed by atoms with van der Waals surface area (Å²) in [6, 6.07) is 5.72. The highest BCUT2D eigenvalue weighted by Gasteiger charge is 2.22. The zero-order valence-corrected chi connectivity index (χ0v) is 12.3. The smallest absolute Gasteiger partial charge is 0.127 e. The van der Waals surface area contributed by atoms with Crippen molar-refractivity contribution in [2.45, 2.75) is 32.4 Å². The second-order valence-corrected chi connectivity index (χ2v) is 5.77. The lowest BCUT2D eigenvalue weighted by molar-refractivity contribution is 0.197. The summed E-state index contributed by atoms with van der Waals surface area (Å²) in [6.45, 7) is 6.00. The molecule has 1 saturated heterocycles. The zero-order chi connectivity index (χ0) is 13.0. The molecule has 0 saturated carbocycles. The molecule has 18 heavy (non-hydrogen) atoms. The second kappa shape index (κ2) is 6.64. The molecule has 1 aromatic rings. The fourth-order valence-corrected chi connectivity index (χ4v) is 2.92. The van der Waals surface area contributed by atoms with E-state index in [-0.39, 0.29) is 5.82 Å². The topological polar surface area (TPSA) is 15.3 Å². The van der Waals surface area contributed by atoms with Crippen molar-refractivity contribution in [3.63, 3.8) is 0 Å². The molecule has 2 nitrogen and oxygen atoms in total. The van der Waals surface area contributed by atoms with E-state index in [1.807, 2.05) is 6.07 Å². The maximum absolute atomic E-state index is 13.8. The lowest BCUT2D eigenvalue weighted by Crippen LogP contribution is -2.37. The summed E-state index contributed by atoms with van der Waals surface area (Å²) in [5, 5.41) is 3.38. The number of benzene rings is 1. The van der Waals surface area contributed by atoms with Gasteiger partial charge in [-0.15, -0.1) is 0 Å². The van der Waals surface area contributed by atoms with Gasteiger partial charge in [-0.1, -0.05) is 22.9 Å². The first-order chi connectivity index (χ1) is 8.70. The molecule has 1 atom stereocenters. The van der Waals surface area contributed by atoms with Crippen LogP contribution in [-0.2, 0) is 6.54 Å². The van der Waals surface area contributed by atoms with Crippen molar-refractivity contribution in [3.05, 3.63) is 34.1 Å². The summed E-state index contributed by atoms with van der Waals surface area (Å²) in [5.41, 5.74) is 0.782. The van der Waals surface area contributed by atoms with E-state index in [2.05, 4.69) is 33.1 Å². The van der Waals surface area contributed by atoms with Gasteiger partial charge in [-0.05, 0) is 44.1 Å². The summed E-state index contributed by atoms with van der Waals surface area (Å²) in [6.07, 6.45) is 2.27. The highest BCUT2D eigenvalue weighted by Crippen LogP contribution is 2.20. The highest BCUT2D eigenvalue weighted by atomic mass is 79.9. The van der Waals surface area contributed by atoms with Gasteiger partial charge in [0.25, 0.3) is 0 Å². The standard InChI is InChI=1S/C14H20BrFN2/c1-2-7-18(13-5-6-17-9-13)10-11-8-12(15)3-4-14(11)16/h3-4,8,13,17H,2,5-7,9-10H2,1H3. The Morgan fingerprint density at radius 3 is 3.00 bits per heavy atom. The number of hydrogen-bond acceptors (Lipinski definition) is 2. The Kier molecular flexibility index (Phi) is 5.15. The predicted molar refractivity (Wildman–Crippen MR) is 76.1 cm³/mol. The summed E-state index contributed by atoms with van der Waals surface area (Å²) >= 11 is 3.41. The summed E-state index contributed by atoms with van der Waals surface area (Å²) in [4.78, 5) is 2.39. The van der Waals surface area contributed by atoms with Gasteiger partial charge in [0.15, 0.2) is 0 Å². The first kappa shape index (κ1) is 14.0. The van der Waals surface area contributed by atoms with Crippen molar-refractivity contribution in [3.8, 4) is 0 Å². The third-order valence-corrected chi connectivity index (χ3v) is 3.94. The molecular formula is C14H20BrFN2. The van der Waals surface area contributed by atoms with Crippen LogP contribution in [0.3, 0.4) is 0 Å². The van der Waals surface area contributed by atoms with Gasteiger partial charge in [0, 0.05) is 29.2 Å². The molecule has 100 valence electrons. The highest BCUT2D eigenvalue weighted by molar-refractivity contribution is 9.10. The van der Waals surface area contributed by atoms with Crippen LogP contribution >= 0.6 is 15.9 Å². The minimum Gasteiger partial charge on any atom is -0.315 e. The van der Waals surface area contributed by atoms with Gasteiger partial charge in [0.2, 0.25) is 0 Å². The third kappa shape index (κ3) is 3.53. The van der Waals surface area contributed by atoms with Gasteiger partial charge in [-0.3, -0.25) is 4.90 Å². The molecule has 0 aromatic heterocycles. The first-order valence-electron chi connectivity index (χ1n) is 6.59. The molecule has 4 heteroatoms. The molecular weight excluding hydrogens is 295 g/mol. The first-order valence-corrected chi connectivity index (χ1v) is 7.38. The molecule has 0 aliphatic carbocycles. The van der Waals surface area contributed by atoms with Gasteiger partial charge in [-0.2, -0.15) is 0 Å². The average molecular weight is 315 g/mol. The largest absolute Gasteiger partial charge is 0.315 e. The SMILES string of the molecule is CCCN(Cc1cc(Br)ccc1F)C1CCNC1. The Balaban J connectivity index is 2.09. The van der Waals surface area contributed by atoms with Crippen LogP contribution in [0, 0.1) is 5.82 Å². The predicted octanol–water partition coefficient (Wildman–Crippen LogP) is 3.16. The lowest BCUT2D eigenvalue weighted by Gasteiger charge is -2.28. The second-order valence-electron chi connectivity index (χ2n) is 4.85. The van der Waals surface area contributed by atoms with Gasteiger partial charge >= 0.3 is 0 Å². The minimum absolute atomic E-state index is 0.106. The number of nitrogens with zero attached hydrogens (tertiary/aromatic N) is 1. The molecule has 1 heterocycles. The van der Waals surface area contributed by atoms with Crippen molar-refractivity contribution in [2.75, 3.05) is 19.6 Å². The van der Waals surface area contributed by atoms with Crippen LogP contribution in [0.25, 0.3) is 0 Å². The molecule has 1 aliphatic heterocycles. The monoisotopic (exact) mass is 314 g/mol. The van der Waals surface area contributed by atoms with Crippen LogP contribution in [0.2, 0.25) is 0 Å². The Labute approximate surface area is 117 Å². The third-order valence-electron chi connectivity index (χ3n) is 3.44. The Morgan fingerprint density at radius 2 is 2.33 bits per heavy atom. The Bertz CT molecular complexity index is 391. The van der Waals surface area contributed by atoms with Crippen molar-refractivity contribution >= 4 is 15.9 Å². The number of nitrogens with one attached hydrogen (secondary N) is 1. The maximum atomic E-state index is 13.8. The molecule has 0 spiro atoms. The Morgan fingerprint density at radius 1 is 1.50 bits per heavy atom. The molecule has 2 rings (SSSR count). The zero-order valence-electron chi connectivity index (χ0n) is 10.8. The van der Waals surface area contributed by atoms with Crippen molar-refractivity contribution in [2.24, 2.45) is 0 Å². The van der Waals surface area contributed by atoms with Crippen molar-refractivity contribution < 1.29 is 4.39 Å². The van der Waals surface area contributed by atoms with Crippen molar-refractivity contribution in [1.29, 1.82) is 0 Å².